The number of carboxylic acid groups (broad SMARTS) is 1. The van der Waals surface area contributed by atoms with Gasteiger partial charge in [-0.1, -0.05) is 6.92 Å². The number of aliphatic hydroxyl groups is 1. The van der Waals surface area contributed by atoms with Gasteiger partial charge in [0, 0.05) is 33.2 Å². The van der Waals surface area contributed by atoms with Crippen molar-refractivity contribution in [2.75, 3.05) is 20.3 Å². The lowest BCUT2D eigenvalue weighted by Crippen LogP contribution is -2.42. The van der Waals surface area contributed by atoms with Gasteiger partial charge >= 0.3 is 5.97 Å². The summed E-state index contributed by atoms with van der Waals surface area (Å²) in [6.45, 7) is 2.01. The maximum Gasteiger partial charge on any atom is 0.326 e. The SMILES string of the molecule is COCC(C)CC(=O)N[C@H](CCO)C(=O)O. The molecule has 0 heterocycles. The number of nitrogens with one attached hydrogen (secondary N) is 1. The van der Waals surface area contributed by atoms with Crippen molar-refractivity contribution in [2.24, 2.45) is 5.92 Å². The highest BCUT2D eigenvalue weighted by atomic mass is 16.5. The van der Waals surface area contributed by atoms with Gasteiger partial charge < -0.3 is 20.3 Å². The first-order valence-corrected chi connectivity index (χ1v) is 5.13. The van der Waals surface area contributed by atoms with Crippen molar-refractivity contribution < 1.29 is 24.5 Å². The zero-order valence-electron chi connectivity index (χ0n) is 9.60. The average Bonchev–Trinajstić information content (AvgIpc) is 2.16. The van der Waals surface area contributed by atoms with Crippen LogP contribution in [0.25, 0.3) is 0 Å². The van der Waals surface area contributed by atoms with Gasteiger partial charge in [0.25, 0.3) is 0 Å². The van der Waals surface area contributed by atoms with Crippen molar-refractivity contribution >= 4 is 11.9 Å². The number of ether oxygens (including phenoxy) is 1. The molecule has 0 aromatic carbocycles. The monoisotopic (exact) mass is 233 g/mol. The molecule has 1 unspecified atom stereocenters. The minimum Gasteiger partial charge on any atom is -0.480 e. The molecule has 0 aromatic rings. The van der Waals surface area contributed by atoms with Crippen LogP contribution in [0.3, 0.4) is 0 Å². The molecule has 0 radical (unpaired) electrons. The summed E-state index contributed by atoms with van der Waals surface area (Å²) in [5, 5.41) is 19.7. The van der Waals surface area contributed by atoms with Gasteiger partial charge in [-0.2, -0.15) is 0 Å². The van der Waals surface area contributed by atoms with Crippen LogP contribution in [-0.4, -0.2) is 48.5 Å². The van der Waals surface area contributed by atoms with E-state index in [2.05, 4.69) is 5.32 Å². The van der Waals surface area contributed by atoms with Crippen LogP contribution in [0.2, 0.25) is 0 Å². The largest absolute Gasteiger partial charge is 0.480 e. The fourth-order valence-electron chi connectivity index (χ4n) is 1.30. The predicted molar refractivity (Wildman–Crippen MR) is 56.9 cm³/mol. The van der Waals surface area contributed by atoms with Gasteiger partial charge in [0.1, 0.15) is 6.04 Å². The van der Waals surface area contributed by atoms with E-state index in [1.54, 1.807) is 7.11 Å². The Labute approximate surface area is 94.6 Å². The van der Waals surface area contributed by atoms with Crippen molar-refractivity contribution in [3.05, 3.63) is 0 Å². The molecule has 0 fully saturated rings. The van der Waals surface area contributed by atoms with E-state index >= 15 is 0 Å². The van der Waals surface area contributed by atoms with Crippen LogP contribution < -0.4 is 5.32 Å². The van der Waals surface area contributed by atoms with E-state index in [0.29, 0.717) is 6.61 Å². The molecule has 0 aliphatic rings. The zero-order chi connectivity index (χ0) is 12.6. The lowest BCUT2D eigenvalue weighted by Gasteiger charge is -2.15. The van der Waals surface area contributed by atoms with Crippen molar-refractivity contribution in [2.45, 2.75) is 25.8 Å². The molecular weight excluding hydrogens is 214 g/mol. The number of aliphatic hydroxyl groups excluding tert-OH is 1. The molecule has 3 N–H and O–H groups in total. The Bertz CT molecular complexity index is 231. The molecule has 0 saturated heterocycles. The molecule has 16 heavy (non-hydrogen) atoms. The first-order valence-electron chi connectivity index (χ1n) is 5.13. The number of carbonyl (C=O) groups excluding carboxylic acids is 1. The van der Waals surface area contributed by atoms with Gasteiger partial charge in [-0.3, -0.25) is 4.79 Å². The Morgan fingerprint density at radius 3 is 2.50 bits per heavy atom. The number of carboxylic acids is 1. The molecule has 0 aliphatic heterocycles. The number of carbonyl (C=O) groups is 2. The normalized spacial score (nSPS) is 14.2. The number of aliphatic carboxylic acids is 1. The predicted octanol–water partition coefficient (Wildman–Crippen LogP) is -0.389. The molecule has 6 heteroatoms. The van der Waals surface area contributed by atoms with Gasteiger partial charge in [0.2, 0.25) is 5.91 Å². The lowest BCUT2D eigenvalue weighted by molar-refractivity contribution is -0.142. The minimum absolute atomic E-state index is 0.0136. The number of methoxy groups -OCH3 is 1. The maximum atomic E-state index is 11.4. The third-order valence-corrected chi connectivity index (χ3v) is 2.04. The van der Waals surface area contributed by atoms with Gasteiger partial charge in [-0.15, -0.1) is 0 Å². The lowest BCUT2D eigenvalue weighted by atomic mass is 10.1. The van der Waals surface area contributed by atoms with E-state index in [1.165, 1.54) is 0 Å². The molecule has 0 spiro atoms. The van der Waals surface area contributed by atoms with Crippen LogP contribution in [0, 0.1) is 5.92 Å². The molecule has 6 nitrogen and oxygen atoms in total. The second-order valence-electron chi connectivity index (χ2n) is 3.74. The standard InChI is InChI=1S/C10H19NO5/c1-7(6-16-2)5-9(13)11-8(3-4-12)10(14)15/h7-8,12H,3-6H2,1-2H3,(H,11,13)(H,14,15)/t7?,8-/m1/s1. The topological polar surface area (TPSA) is 95.9 Å². The molecule has 0 aromatic heterocycles. The highest BCUT2D eigenvalue weighted by Crippen LogP contribution is 2.02. The third-order valence-electron chi connectivity index (χ3n) is 2.04. The molecule has 2 atom stereocenters. The zero-order valence-corrected chi connectivity index (χ0v) is 9.60. The summed E-state index contributed by atoms with van der Waals surface area (Å²) in [4.78, 5) is 22.1. The highest BCUT2D eigenvalue weighted by molar-refractivity contribution is 5.83. The Hall–Kier alpha value is -1.14. The van der Waals surface area contributed by atoms with Crippen LogP contribution >= 0.6 is 0 Å². The molecule has 0 saturated carbocycles. The Morgan fingerprint density at radius 2 is 2.06 bits per heavy atom. The van der Waals surface area contributed by atoms with Crippen LogP contribution in [0.4, 0.5) is 0 Å². The number of hydrogen-bond acceptors (Lipinski definition) is 4. The third kappa shape index (κ3) is 6.36. The van der Waals surface area contributed by atoms with Crippen LogP contribution in [0.1, 0.15) is 19.8 Å². The van der Waals surface area contributed by atoms with Crippen LogP contribution in [0.15, 0.2) is 0 Å². The summed E-state index contributed by atoms with van der Waals surface area (Å²) in [5.41, 5.74) is 0. The van der Waals surface area contributed by atoms with Crippen molar-refractivity contribution in [1.82, 2.24) is 5.32 Å². The summed E-state index contributed by atoms with van der Waals surface area (Å²) in [7, 11) is 1.54. The first-order chi connectivity index (χ1) is 7.51. The van der Waals surface area contributed by atoms with E-state index in [4.69, 9.17) is 14.9 Å². The first kappa shape index (κ1) is 14.9. The average molecular weight is 233 g/mol. The van der Waals surface area contributed by atoms with Crippen molar-refractivity contribution in [3.63, 3.8) is 0 Å². The highest BCUT2D eigenvalue weighted by Gasteiger charge is 2.20. The fraction of sp³-hybridized carbons (Fsp3) is 0.800. The van der Waals surface area contributed by atoms with E-state index in [-0.39, 0.29) is 31.3 Å². The van der Waals surface area contributed by atoms with Crippen LogP contribution in [-0.2, 0) is 14.3 Å². The van der Waals surface area contributed by atoms with E-state index in [1.807, 2.05) is 6.92 Å². The number of hydrogen-bond donors (Lipinski definition) is 3. The van der Waals surface area contributed by atoms with Crippen molar-refractivity contribution in [3.8, 4) is 0 Å². The molecule has 1 amide bonds. The number of rotatable bonds is 8. The fourth-order valence-corrected chi connectivity index (χ4v) is 1.30. The van der Waals surface area contributed by atoms with Gasteiger partial charge in [-0.05, 0) is 5.92 Å². The number of amides is 1. The Kier molecular flexibility index (Phi) is 7.49. The molecule has 0 rings (SSSR count). The minimum atomic E-state index is -1.14. The van der Waals surface area contributed by atoms with Gasteiger partial charge in [0.15, 0.2) is 0 Å². The van der Waals surface area contributed by atoms with E-state index < -0.39 is 12.0 Å². The molecule has 94 valence electrons. The Balaban J connectivity index is 4.04. The van der Waals surface area contributed by atoms with Crippen LogP contribution in [0.5, 0.6) is 0 Å². The summed E-state index contributed by atoms with van der Waals surface area (Å²) in [6.07, 6.45) is 0.225. The maximum absolute atomic E-state index is 11.4. The van der Waals surface area contributed by atoms with Crippen molar-refractivity contribution in [1.29, 1.82) is 0 Å². The second kappa shape index (κ2) is 8.06. The Morgan fingerprint density at radius 1 is 1.44 bits per heavy atom. The van der Waals surface area contributed by atoms with E-state index in [0.717, 1.165) is 0 Å². The summed E-state index contributed by atoms with van der Waals surface area (Å²) in [5.74, 6) is -1.44. The quantitative estimate of drug-likeness (QED) is 0.530. The van der Waals surface area contributed by atoms with E-state index in [9.17, 15) is 9.59 Å². The van der Waals surface area contributed by atoms with Gasteiger partial charge in [0.05, 0.1) is 0 Å². The summed E-state index contributed by atoms with van der Waals surface area (Å²) in [6, 6.07) is -1.02. The summed E-state index contributed by atoms with van der Waals surface area (Å²) >= 11 is 0. The summed E-state index contributed by atoms with van der Waals surface area (Å²) < 4.78 is 4.87. The molecular formula is C10H19NO5. The smallest absolute Gasteiger partial charge is 0.326 e. The second-order valence-corrected chi connectivity index (χ2v) is 3.74. The molecule has 0 aliphatic carbocycles. The van der Waals surface area contributed by atoms with Gasteiger partial charge in [-0.25, -0.2) is 4.79 Å². The molecule has 0 bridgehead atoms.